The van der Waals surface area contributed by atoms with Crippen LogP contribution in [0.1, 0.15) is 112 Å². The fourth-order valence-corrected chi connectivity index (χ4v) is 13.1. The van der Waals surface area contributed by atoms with Crippen LogP contribution in [0.15, 0.2) is 23.1 Å². The number of rotatable bonds is 18. The van der Waals surface area contributed by atoms with Crippen molar-refractivity contribution in [3.8, 4) is 0 Å². The molecule has 6 rings (SSSR count). The summed E-state index contributed by atoms with van der Waals surface area (Å²) in [6.45, 7) is 18.6. The lowest BCUT2D eigenvalue weighted by Crippen LogP contribution is -2.61. The van der Waals surface area contributed by atoms with E-state index in [-0.39, 0.29) is 61.9 Å². The Morgan fingerprint density at radius 1 is 0.937 bits per heavy atom. The lowest BCUT2D eigenvalue weighted by atomic mass is 9.74. The monoisotopic (exact) mass is 1140 g/mol. The molecule has 4 fully saturated rings. The van der Waals surface area contributed by atoms with Gasteiger partial charge in [0.1, 0.15) is 35.5 Å². The second kappa shape index (κ2) is 25.4. The molecule has 25 heteroatoms. The number of aromatic nitrogens is 1. The number of anilines is 1. The number of likely N-dealkylation sites (N-methyl/N-ethyl adjacent to an activating group) is 1. The maximum Gasteiger partial charge on any atom is 0.509 e. The Kier molecular flexibility index (Phi) is 20.5. The molecule has 4 saturated heterocycles. The van der Waals surface area contributed by atoms with Gasteiger partial charge in [-0.05, 0) is 94.0 Å². The van der Waals surface area contributed by atoms with E-state index < -0.39 is 153 Å². The smallest absolute Gasteiger partial charge is 0.477 e. The molecule has 5 N–H and O–H groups in total. The number of aryl methyl sites for hydroxylation is 1. The van der Waals surface area contributed by atoms with Crippen molar-refractivity contribution in [2.24, 2.45) is 23.7 Å². The Bertz CT molecular complexity index is 2690. The third-order valence-corrected chi connectivity index (χ3v) is 17.6. The third kappa shape index (κ3) is 13.9. The largest absolute Gasteiger partial charge is 0.509 e. The second-order valence-electron chi connectivity index (χ2n) is 22.7. The number of benzene rings is 1. The van der Waals surface area contributed by atoms with E-state index >= 15 is 4.39 Å². The highest BCUT2D eigenvalue weighted by Gasteiger charge is 2.59. The van der Waals surface area contributed by atoms with Gasteiger partial charge in [0.15, 0.2) is 24.3 Å². The molecule has 23 nitrogen and oxygen atoms in total. The van der Waals surface area contributed by atoms with E-state index in [1.165, 1.54) is 30.9 Å². The van der Waals surface area contributed by atoms with Crippen molar-refractivity contribution in [3.05, 3.63) is 39.9 Å². The first-order valence-electron chi connectivity index (χ1n) is 27.2. The molecule has 446 valence electrons. The molecule has 4 aliphatic rings. The third-order valence-electron chi connectivity index (χ3n) is 16.4. The van der Waals surface area contributed by atoms with Crippen LogP contribution < -0.4 is 16.1 Å². The number of halogens is 1. The quantitative estimate of drug-likeness (QED) is 0.0794. The first kappa shape index (κ1) is 63.8. The lowest BCUT2D eigenvalue weighted by molar-refractivity contribution is -0.316. The number of carboxylic acid groups (broad SMARTS) is 1. The number of cyclic esters (lactones) is 1. The van der Waals surface area contributed by atoms with E-state index in [2.05, 4.69) is 10.6 Å². The summed E-state index contributed by atoms with van der Waals surface area (Å²) >= 11 is 0. The van der Waals surface area contributed by atoms with E-state index in [1.807, 2.05) is 25.9 Å². The predicted octanol–water partition coefficient (Wildman–Crippen LogP) is 4.20. The summed E-state index contributed by atoms with van der Waals surface area (Å²) in [7, 11) is 0.715. The first-order chi connectivity index (χ1) is 36.8. The maximum atomic E-state index is 15.2. The van der Waals surface area contributed by atoms with Crippen molar-refractivity contribution in [1.29, 1.82) is 0 Å². The van der Waals surface area contributed by atoms with Gasteiger partial charge in [-0.3, -0.25) is 18.6 Å². The van der Waals surface area contributed by atoms with Crippen molar-refractivity contribution in [3.63, 3.8) is 0 Å². The van der Waals surface area contributed by atoms with Gasteiger partial charge in [-0.1, -0.05) is 27.7 Å². The molecule has 0 aliphatic carbocycles. The number of methoxy groups -OCH3 is 1. The van der Waals surface area contributed by atoms with E-state index in [0.29, 0.717) is 18.5 Å². The molecule has 5 heterocycles. The molecule has 0 radical (unpaired) electrons. The highest BCUT2D eigenvalue weighted by atomic mass is 32.2. The van der Waals surface area contributed by atoms with E-state index in [4.69, 9.17) is 42.1 Å². The van der Waals surface area contributed by atoms with Crippen LogP contribution in [0, 0.1) is 29.5 Å². The molecular formula is C54H83FN4O19S. The number of nitrogens with zero attached hydrogens (tertiary/aromatic N) is 2. The van der Waals surface area contributed by atoms with Gasteiger partial charge >= 0.3 is 18.1 Å². The minimum atomic E-state index is -4.29. The van der Waals surface area contributed by atoms with Gasteiger partial charge in [-0.25, -0.2) is 14.0 Å². The van der Waals surface area contributed by atoms with Crippen LogP contribution in [-0.4, -0.2) is 188 Å². The standard InChI is InChI=1S/C54H83FN4O19S/c1-15-39-54(11)46(76-51(66)77-54)29(5)41(60)27(3)24-52(9,67)45(75-50-43(62)38(58(12)13)21-28(4)71-50)30(6)44(31(7)49(65)73-39)74-40-25-53(10,70-14)47(32(8)72-40)78-79(68,69)20-19-56-17-18-57-36-23-37-33(22-35(36)55)42(61)34(48(63)64)26-59(37)16-2/h22-23,26-32,38-40,43-47,50,56-57,62,67H,15-21,24-25H2,1-14H3,(H,63,64)/t27-,28-,29+,30+,31-,32+,38+,39-,40+,43-,44+,45-,46-,47+,50+,52-,53-,54-/m1/s1. The van der Waals surface area contributed by atoms with Gasteiger partial charge in [0.05, 0.1) is 64.4 Å². The fraction of sp³-hybridized carbons (Fsp3) is 0.759. The van der Waals surface area contributed by atoms with E-state index in [1.54, 1.807) is 62.3 Å². The van der Waals surface area contributed by atoms with Crippen LogP contribution in [0.3, 0.4) is 0 Å². The van der Waals surface area contributed by atoms with Crippen LogP contribution in [-0.2, 0) is 68.3 Å². The molecule has 79 heavy (non-hydrogen) atoms. The summed E-state index contributed by atoms with van der Waals surface area (Å²) in [6.07, 6.45) is -10.8. The van der Waals surface area contributed by atoms with E-state index in [0.717, 1.165) is 6.07 Å². The summed E-state index contributed by atoms with van der Waals surface area (Å²) < 4.78 is 99.6. The predicted molar refractivity (Wildman–Crippen MR) is 284 cm³/mol. The minimum absolute atomic E-state index is 0.0538. The fourth-order valence-electron chi connectivity index (χ4n) is 12.0. The van der Waals surface area contributed by atoms with Gasteiger partial charge in [-0.15, -0.1) is 0 Å². The number of pyridine rings is 1. The van der Waals surface area contributed by atoms with Gasteiger partial charge in [-0.2, -0.15) is 8.42 Å². The molecule has 0 amide bonds. The average molecular weight is 1140 g/mol. The molecule has 1 aromatic heterocycles. The van der Waals surface area contributed by atoms with Gasteiger partial charge in [0.25, 0.3) is 10.1 Å². The number of carboxylic acids is 1. The number of aliphatic hydroxyl groups is 2. The Balaban J connectivity index is 1.21. The molecule has 18 atom stereocenters. The summed E-state index contributed by atoms with van der Waals surface area (Å²) in [5.74, 6) is -7.89. The number of aromatic carboxylic acids is 1. The van der Waals surface area contributed by atoms with Crippen LogP contribution in [0.5, 0.6) is 0 Å². The zero-order chi connectivity index (χ0) is 58.9. The Hall–Kier alpha value is -4.41. The Morgan fingerprint density at radius 2 is 1.62 bits per heavy atom. The number of ketones is 1. The van der Waals surface area contributed by atoms with Crippen LogP contribution in [0.4, 0.5) is 14.9 Å². The number of carbonyl (C=O) groups is 4. The number of aliphatic hydroxyl groups excluding tert-OH is 1. The highest BCUT2D eigenvalue weighted by Crippen LogP contribution is 2.44. The molecule has 0 spiro atoms. The average Bonchev–Trinajstić information content (AvgIpc) is 3.73. The number of Topliss-reactive ketones (excluding diaryl/α,β-unsaturated/α-hetero) is 1. The van der Waals surface area contributed by atoms with Crippen LogP contribution in [0.2, 0.25) is 0 Å². The maximum absolute atomic E-state index is 15.2. The minimum Gasteiger partial charge on any atom is -0.477 e. The molecular weight excluding hydrogens is 1060 g/mol. The number of hydrogen-bond donors (Lipinski definition) is 5. The zero-order valence-electron chi connectivity index (χ0n) is 47.8. The van der Waals surface area contributed by atoms with E-state index in [9.17, 15) is 47.7 Å². The van der Waals surface area contributed by atoms with Gasteiger partial charge in [0.2, 0.25) is 5.43 Å². The molecule has 0 bridgehead atoms. The summed E-state index contributed by atoms with van der Waals surface area (Å²) in [5, 5.41) is 39.8. The molecule has 0 saturated carbocycles. The summed E-state index contributed by atoms with van der Waals surface area (Å²) in [4.78, 5) is 68.2. The Labute approximate surface area is 461 Å². The number of nitrogens with one attached hydrogen (secondary N) is 2. The lowest BCUT2D eigenvalue weighted by Gasteiger charge is -2.49. The topological polar surface area (TPSA) is 295 Å². The molecule has 4 aliphatic heterocycles. The second-order valence-corrected chi connectivity index (χ2v) is 24.4. The van der Waals surface area contributed by atoms with Crippen molar-refractivity contribution in [2.45, 2.75) is 193 Å². The van der Waals surface area contributed by atoms with Crippen molar-refractivity contribution < 1.29 is 89.4 Å². The summed E-state index contributed by atoms with van der Waals surface area (Å²) in [5.41, 5.74) is -5.81. The summed E-state index contributed by atoms with van der Waals surface area (Å²) in [6, 6.07) is 1.99. The SMILES string of the molecule is CC[C@H]1OC(=O)[C@H](C)[C@@H](O[C@H]2C[C@@](C)(OC)[C@@H](OS(=O)(=O)CCNCCNc3cc4c(cc3F)c(=O)c(C(=O)O)cn4CC)[C@H](C)O2)[C@H](C)[C@@H](O[C@@H]2O[C@H](C)C[C@H](N(C)C)[C@H]2O)[C@](C)(O)C[C@@H](C)C(=O)[C@H](C)[C@H]2OC(=O)O[C@@]21C. The number of esters is 1. The molecule has 1 aromatic carbocycles. The first-order valence-corrected chi connectivity index (χ1v) is 28.7. The molecule has 2 aromatic rings. The van der Waals surface area contributed by atoms with Gasteiger partial charge in [0, 0.05) is 69.2 Å². The molecule has 0 unspecified atom stereocenters. The number of ether oxygens (including phenoxy) is 8. The van der Waals surface area contributed by atoms with Gasteiger partial charge < -0.3 is 73.3 Å². The highest BCUT2D eigenvalue weighted by molar-refractivity contribution is 7.86. The van der Waals surface area contributed by atoms with Crippen LogP contribution in [0.25, 0.3) is 10.9 Å². The number of carbonyl (C=O) groups excluding carboxylic acids is 3. The van der Waals surface area contributed by atoms with Crippen LogP contribution >= 0.6 is 0 Å². The number of hydrogen-bond acceptors (Lipinski definition) is 21. The zero-order valence-corrected chi connectivity index (χ0v) is 48.6. The van der Waals surface area contributed by atoms with Crippen molar-refractivity contribution in [1.82, 2.24) is 14.8 Å². The normalized spacial score (nSPS) is 37.0. The Morgan fingerprint density at radius 3 is 2.24 bits per heavy atom. The van der Waals surface area contributed by atoms with Crippen molar-refractivity contribution in [2.75, 3.05) is 51.9 Å². The number of fused-ring (bicyclic) bond motifs is 2. The van der Waals surface area contributed by atoms with Crippen molar-refractivity contribution >= 4 is 50.6 Å².